The molecule has 17 heavy (non-hydrogen) atoms. The van der Waals surface area contributed by atoms with Crippen LogP contribution in [0.4, 0.5) is 0 Å². The average molecular weight is 239 g/mol. The lowest BCUT2D eigenvalue weighted by Gasteiger charge is -2.15. The first kappa shape index (κ1) is 14.2. The van der Waals surface area contributed by atoms with Crippen LogP contribution in [0.2, 0.25) is 0 Å². The maximum absolute atomic E-state index is 11.7. The van der Waals surface area contributed by atoms with Crippen molar-refractivity contribution >= 4 is 5.97 Å². The Morgan fingerprint density at radius 3 is 2.53 bits per heavy atom. The number of nitrogens with two attached hydrogens (primary N) is 1. The highest BCUT2D eigenvalue weighted by Crippen LogP contribution is 2.21. The molecule has 0 aromatic heterocycles. The summed E-state index contributed by atoms with van der Waals surface area (Å²) < 4.78 is 5.36. The highest BCUT2D eigenvalue weighted by Gasteiger charge is 2.22. The summed E-state index contributed by atoms with van der Waals surface area (Å²) in [6.45, 7) is 6.35. The quantitative estimate of drug-likeness (QED) is 0.606. The van der Waals surface area contributed by atoms with E-state index in [4.69, 9.17) is 10.5 Å². The fourth-order valence-corrected chi connectivity index (χ4v) is 1.92. The summed E-state index contributed by atoms with van der Waals surface area (Å²) in [4.78, 5) is 11.7. The Kier molecular flexibility index (Phi) is 5.19. The number of hydrogen-bond donors (Lipinski definition) is 1. The van der Waals surface area contributed by atoms with Crippen LogP contribution in [0.1, 0.15) is 52.9 Å². The molecule has 1 aliphatic carbocycles. The van der Waals surface area contributed by atoms with E-state index in [2.05, 4.69) is 26.8 Å². The number of allylic oxidation sites excluding steroid dienone is 1. The number of carbonyl (C=O) groups excluding carboxylic acids is 1. The molecule has 0 saturated heterocycles. The van der Waals surface area contributed by atoms with E-state index in [0.717, 1.165) is 25.7 Å². The molecule has 0 heterocycles. The largest absolute Gasteiger partial charge is 0.461 e. The highest BCUT2D eigenvalue weighted by atomic mass is 16.5. The molecule has 3 heteroatoms. The number of rotatable bonds is 4. The van der Waals surface area contributed by atoms with Gasteiger partial charge in [0.25, 0.3) is 0 Å². The molecule has 1 aliphatic rings. The third kappa shape index (κ3) is 5.87. The van der Waals surface area contributed by atoms with Gasteiger partial charge in [0.05, 0.1) is 0 Å². The summed E-state index contributed by atoms with van der Waals surface area (Å²) in [6, 6.07) is -0.519. The van der Waals surface area contributed by atoms with Gasteiger partial charge in [-0.2, -0.15) is 0 Å². The molecule has 0 spiro atoms. The molecule has 1 saturated carbocycles. The standard InChI is InChI=1S/C14H25NO2/c1-14(2,3)10-6-9-12(15)13(16)17-11-7-4-5-8-11/h6,10-12H,4-5,7-9,15H2,1-3H3/b10-6+/t12-/m1/s1. The Labute approximate surface area is 104 Å². The third-order valence-corrected chi connectivity index (χ3v) is 2.90. The summed E-state index contributed by atoms with van der Waals surface area (Å²) in [5, 5.41) is 0. The Morgan fingerprint density at radius 1 is 1.41 bits per heavy atom. The van der Waals surface area contributed by atoms with E-state index in [-0.39, 0.29) is 17.5 Å². The summed E-state index contributed by atoms with van der Waals surface area (Å²) in [5.41, 5.74) is 5.93. The van der Waals surface area contributed by atoms with E-state index in [0.29, 0.717) is 6.42 Å². The lowest BCUT2D eigenvalue weighted by molar-refractivity contribution is -0.150. The molecule has 0 radical (unpaired) electrons. The van der Waals surface area contributed by atoms with E-state index < -0.39 is 6.04 Å². The molecule has 1 atom stereocenters. The van der Waals surface area contributed by atoms with Crippen molar-refractivity contribution in [1.29, 1.82) is 0 Å². The SMILES string of the molecule is CC(C)(C)/C=C/C[C@@H](N)C(=O)OC1CCCC1. The molecule has 2 N–H and O–H groups in total. The fourth-order valence-electron chi connectivity index (χ4n) is 1.92. The van der Waals surface area contributed by atoms with Crippen molar-refractivity contribution in [3.8, 4) is 0 Å². The third-order valence-electron chi connectivity index (χ3n) is 2.90. The van der Waals surface area contributed by atoms with E-state index in [1.54, 1.807) is 0 Å². The van der Waals surface area contributed by atoms with Crippen LogP contribution in [0, 0.1) is 5.41 Å². The van der Waals surface area contributed by atoms with Gasteiger partial charge in [-0.1, -0.05) is 32.9 Å². The number of hydrogen-bond acceptors (Lipinski definition) is 3. The van der Waals surface area contributed by atoms with Crippen LogP contribution >= 0.6 is 0 Å². The lowest BCUT2D eigenvalue weighted by Crippen LogP contribution is -2.34. The average Bonchev–Trinajstić information content (AvgIpc) is 2.68. The van der Waals surface area contributed by atoms with Gasteiger partial charge in [-0.15, -0.1) is 0 Å². The molecule has 0 aromatic carbocycles. The van der Waals surface area contributed by atoms with Crippen LogP contribution < -0.4 is 5.73 Å². The maximum atomic E-state index is 11.7. The first-order valence-electron chi connectivity index (χ1n) is 6.52. The Balaban J connectivity index is 2.29. The van der Waals surface area contributed by atoms with Crippen LogP contribution in [0.15, 0.2) is 12.2 Å². The zero-order valence-corrected chi connectivity index (χ0v) is 11.2. The van der Waals surface area contributed by atoms with Crippen molar-refractivity contribution in [2.45, 2.75) is 65.0 Å². The van der Waals surface area contributed by atoms with Gasteiger partial charge >= 0.3 is 5.97 Å². The predicted octanol–water partition coefficient (Wildman–Crippen LogP) is 2.79. The smallest absolute Gasteiger partial charge is 0.323 e. The van der Waals surface area contributed by atoms with Gasteiger partial charge in [-0.25, -0.2) is 0 Å². The van der Waals surface area contributed by atoms with Gasteiger partial charge < -0.3 is 10.5 Å². The molecular weight excluding hydrogens is 214 g/mol. The van der Waals surface area contributed by atoms with E-state index in [9.17, 15) is 4.79 Å². The van der Waals surface area contributed by atoms with Crippen molar-refractivity contribution < 1.29 is 9.53 Å². The lowest BCUT2D eigenvalue weighted by atomic mass is 9.95. The van der Waals surface area contributed by atoms with Crippen molar-refractivity contribution in [2.24, 2.45) is 11.1 Å². The second-order valence-corrected chi connectivity index (χ2v) is 5.95. The molecular formula is C14H25NO2. The Morgan fingerprint density at radius 2 is 2.00 bits per heavy atom. The van der Waals surface area contributed by atoms with Gasteiger partial charge in [0.2, 0.25) is 0 Å². The molecule has 0 aliphatic heterocycles. The maximum Gasteiger partial charge on any atom is 0.323 e. The first-order chi connectivity index (χ1) is 7.88. The summed E-state index contributed by atoms with van der Waals surface area (Å²) >= 11 is 0. The number of carbonyl (C=O) groups is 1. The molecule has 1 rings (SSSR count). The van der Waals surface area contributed by atoms with E-state index in [1.165, 1.54) is 0 Å². The second-order valence-electron chi connectivity index (χ2n) is 5.95. The molecule has 98 valence electrons. The van der Waals surface area contributed by atoms with Crippen molar-refractivity contribution in [3.63, 3.8) is 0 Å². The Hall–Kier alpha value is -0.830. The van der Waals surface area contributed by atoms with Gasteiger partial charge in [-0.3, -0.25) is 4.79 Å². The Bertz CT molecular complexity index is 272. The van der Waals surface area contributed by atoms with Crippen LogP contribution in [0.5, 0.6) is 0 Å². The zero-order valence-electron chi connectivity index (χ0n) is 11.2. The fraction of sp³-hybridized carbons (Fsp3) is 0.786. The molecule has 0 amide bonds. The number of ether oxygens (including phenoxy) is 1. The minimum absolute atomic E-state index is 0.111. The minimum Gasteiger partial charge on any atom is -0.461 e. The summed E-state index contributed by atoms with van der Waals surface area (Å²) in [7, 11) is 0. The summed E-state index contributed by atoms with van der Waals surface area (Å²) in [5.74, 6) is -0.254. The van der Waals surface area contributed by atoms with Crippen LogP contribution in [0.25, 0.3) is 0 Å². The monoisotopic (exact) mass is 239 g/mol. The predicted molar refractivity (Wildman–Crippen MR) is 69.5 cm³/mol. The van der Waals surface area contributed by atoms with Crippen molar-refractivity contribution in [2.75, 3.05) is 0 Å². The van der Waals surface area contributed by atoms with Gasteiger partial charge in [0.15, 0.2) is 0 Å². The van der Waals surface area contributed by atoms with Crippen molar-refractivity contribution in [1.82, 2.24) is 0 Å². The highest BCUT2D eigenvalue weighted by molar-refractivity contribution is 5.75. The molecule has 3 nitrogen and oxygen atoms in total. The van der Waals surface area contributed by atoms with Gasteiger partial charge in [0.1, 0.15) is 12.1 Å². The van der Waals surface area contributed by atoms with Crippen molar-refractivity contribution in [3.05, 3.63) is 12.2 Å². The van der Waals surface area contributed by atoms with E-state index in [1.807, 2.05) is 6.08 Å². The zero-order chi connectivity index (χ0) is 12.9. The van der Waals surface area contributed by atoms with Crippen LogP contribution in [-0.2, 0) is 9.53 Å². The number of esters is 1. The molecule has 1 fully saturated rings. The van der Waals surface area contributed by atoms with Crippen LogP contribution in [-0.4, -0.2) is 18.1 Å². The van der Waals surface area contributed by atoms with Crippen LogP contribution in [0.3, 0.4) is 0 Å². The van der Waals surface area contributed by atoms with Gasteiger partial charge in [0, 0.05) is 0 Å². The minimum atomic E-state index is -0.519. The normalized spacial score (nSPS) is 19.8. The molecule has 0 unspecified atom stereocenters. The summed E-state index contributed by atoms with van der Waals surface area (Å²) in [6.07, 6.45) is 9.04. The topological polar surface area (TPSA) is 52.3 Å². The van der Waals surface area contributed by atoms with E-state index >= 15 is 0 Å². The first-order valence-corrected chi connectivity index (χ1v) is 6.52. The van der Waals surface area contributed by atoms with Gasteiger partial charge in [-0.05, 0) is 37.5 Å². The molecule has 0 bridgehead atoms. The second kappa shape index (κ2) is 6.20. The molecule has 0 aromatic rings.